The second-order valence-corrected chi connectivity index (χ2v) is 5.13. The molecule has 1 atom stereocenters. The molecule has 2 aromatic rings. The zero-order chi connectivity index (χ0) is 16.4. The Bertz CT molecular complexity index is 751. The van der Waals surface area contributed by atoms with Gasteiger partial charge in [-0.1, -0.05) is 18.2 Å². The van der Waals surface area contributed by atoms with Crippen LogP contribution in [0.2, 0.25) is 0 Å². The van der Waals surface area contributed by atoms with Crippen molar-refractivity contribution in [2.24, 2.45) is 0 Å². The Morgan fingerprint density at radius 2 is 1.83 bits per heavy atom. The minimum atomic E-state index is -0.600. The summed E-state index contributed by atoms with van der Waals surface area (Å²) < 4.78 is 15.9. The molecule has 0 amide bonds. The number of halogens is 1. The number of fused-ring (bicyclic) bond motifs is 1. The van der Waals surface area contributed by atoms with E-state index in [2.05, 4.69) is 10.9 Å². The Morgan fingerprint density at radius 1 is 1.08 bits per heavy atom. The average molecular weight is 351 g/mol. The van der Waals surface area contributed by atoms with E-state index in [-0.39, 0.29) is 12.4 Å². The number of para-hydroxylation sites is 1. The van der Waals surface area contributed by atoms with Gasteiger partial charge in [0.25, 0.3) is 0 Å². The van der Waals surface area contributed by atoms with Crippen molar-refractivity contribution >= 4 is 24.1 Å². The van der Waals surface area contributed by atoms with E-state index < -0.39 is 12.2 Å². The maximum atomic E-state index is 12.2. The van der Waals surface area contributed by atoms with E-state index in [1.54, 1.807) is 12.1 Å². The monoisotopic (exact) mass is 350 g/mol. The number of carbonyl (C=O) groups is 1. The van der Waals surface area contributed by atoms with Crippen LogP contribution in [0.3, 0.4) is 0 Å². The summed E-state index contributed by atoms with van der Waals surface area (Å²) in [6.45, 7) is 1.99. The van der Waals surface area contributed by atoms with Gasteiger partial charge in [-0.3, -0.25) is 0 Å². The molecule has 0 radical (unpaired) electrons. The molecule has 128 valence electrons. The smallest absolute Gasteiger partial charge is 0.344 e. The van der Waals surface area contributed by atoms with Crippen molar-refractivity contribution in [3.63, 3.8) is 0 Å². The normalized spacial score (nSPS) is 15.1. The molecule has 0 saturated carbocycles. The number of hydrogen-bond donors (Lipinski definition) is 2. The number of esters is 1. The van der Waals surface area contributed by atoms with Gasteiger partial charge >= 0.3 is 5.97 Å². The summed E-state index contributed by atoms with van der Waals surface area (Å²) >= 11 is 0. The number of aryl methyl sites for hydroxylation is 1. The zero-order valence-electron chi connectivity index (χ0n) is 13.6. The number of benzene rings is 2. The van der Waals surface area contributed by atoms with Crippen molar-refractivity contribution < 1.29 is 19.0 Å². The third-order valence-electron chi connectivity index (χ3n) is 3.77. The molecule has 2 N–H and O–H groups in total. The molecule has 0 bridgehead atoms. The minimum Gasteiger partial charge on any atom is -0.493 e. The van der Waals surface area contributed by atoms with E-state index in [9.17, 15) is 4.79 Å². The quantitative estimate of drug-likeness (QED) is 0.637. The number of hydrazine groups is 1. The van der Waals surface area contributed by atoms with Crippen molar-refractivity contribution in [2.75, 3.05) is 19.6 Å². The van der Waals surface area contributed by atoms with Crippen molar-refractivity contribution in [1.82, 2.24) is 5.43 Å². The SMILES string of the molecule is COc1ccc2c(c1OC)C(=O)OC2NNc1ccccc1C.Cl. The van der Waals surface area contributed by atoms with Gasteiger partial charge in [0.2, 0.25) is 0 Å². The van der Waals surface area contributed by atoms with Gasteiger partial charge in [-0.25, -0.2) is 4.79 Å². The highest BCUT2D eigenvalue weighted by molar-refractivity contribution is 5.98. The zero-order valence-corrected chi connectivity index (χ0v) is 14.4. The lowest BCUT2D eigenvalue weighted by atomic mass is 10.1. The van der Waals surface area contributed by atoms with Crippen LogP contribution in [0.5, 0.6) is 11.5 Å². The Kier molecular flexibility index (Phi) is 5.54. The molecule has 3 rings (SSSR count). The first kappa shape index (κ1) is 17.9. The van der Waals surface area contributed by atoms with Gasteiger partial charge in [0.05, 0.1) is 19.9 Å². The molecular formula is C17H19ClN2O4. The summed E-state index contributed by atoms with van der Waals surface area (Å²) in [5, 5.41) is 0. The number of nitrogens with one attached hydrogen (secondary N) is 2. The van der Waals surface area contributed by atoms with Gasteiger partial charge in [0.1, 0.15) is 5.56 Å². The molecule has 0 aromatic heterocycles. The van der Waals surface area contributed by atoms with E-state index >= 15 is 0 Å². The number of methoxy groups -OCH3 is 2. The summed E-state index contributed by atoms with van der Waals surface area (Å²) in [6, 6.07) is 11.4. The summed E-state index contributed by atoms with van der Waals surface area (Å²) in [6.07, 6.45) is -0.600. The number of carbonyl (C=O) groups excluding carboxylic acids is 1. The molecule has 0 aliphatic carbocycles. The van der Waals surface area contributed by atoms with E-state index in [1.807, 2.05) is 31.2 Å². The van der Waals surface area contributed by atoms with Crippen LogP contribution in [0.4, 0.5) is 5.69 Å². The number of cyclic esters (lactones) is 1. The maximum absolute atomic E-state index is 12.2. The predicted octanol–water partition coefficient (Wildman–Crippen LogP) is 3.22. The van der Waals surface area contributed by atoms with Crippen LogP contribution >= 0.6 is 12.4 Å². The molecular weight excluding hydrogens is 332 g/mol. The van der Waals surface area contributed by atoms with E-state index in [0.29, 0.717) is 22.6 Å². The highest BCUT2D eigenvalue weighted by Gasteiger charge is 2.35. The lowest BCUT2D eigenvalue weighted by Gasteiger charge is -2.16. The Morgan fingerprint density at radius 3 is 2.50 bits per heavy atom. The number of ether oxygens (including phenoxy) is 3. The first-order valence-electron chi connectivity index (χ1n) is 7.18. The highest BCUT2D eigenvalue weighted by atomic mass is 35.5. The highest BCUT2D eigenvalue weighted by Crippen LogP contribution is 2.40. The lowest BCUT2D eigenvalue weighted by Crippen LogP contribution is -2.27. The van der Waals surface area contributed by atoms with Gasteiger partial charge in [0.15, 0.2) is 17.7 Å². The molecule has 6 nitrogen and oxygen atoms in total. The third-order valence-corrected chi connectivity index (χ3v) is 3.77. The fraction of sp³-hybridized carbons (Fsp3) is 0.235. The predicted molar refractivity (Wildman–Crippen MR) is 92.9 cm³/mol. The second kappa shape index (κ2) is 7.42. The Hall–Kier alpha value is -2.44. The first-order valence-corrected chi connectivity index (χ1v) is 7.18. The third kappa shape index (κ3) is 3.11. The molecule has 7 heteroatoms. The summed E-state index contributed by atoms with van der Waals surface area (Å²) in [5.41, 5.74) is 9.19. The molecule has 0 spiro atoms. The van der Waals surface area contributed by atoms with Crippen LogP contribution in [-0.4, -0.2) is 20.2 Å². The van der Waals surface area contributed by atoms with Crippen LogP contribution in [0, 0.1) is 6.92 Å². The molecule has 0 saturated heterocycles. The van der Waals surface area contributed by atoms with Crippen molar-refractivity contribution in [2.45, 2.75) is 13.2 Å². The van der Waals surface area contributed by atoms with Gasteiger partial charge in [0, 0.05) is 5.56 Å². The molecule has 1 unspecified atom stereocenters. The van der Waals surface area contributed by atoms with Crippen LogP contribution in [-0.2, 0) is 4.74 Å². The topological polar surface area (TPSA) is 68.8 Å². The summed E-state index contributed by atoms with van der Waals surface area (Å²) in [5.74, 6) is 0.436. The lowest BCUT2D eigenvalue weighted by molar-refractivity contribution is 0.0326. The molecule has 1 aliphatic heterocycles. The molecule has 24 heavy (non-hydrogen) atoms. The second-order valence-electron chi connectivity index (χ2n) is 5.13. The van der Waals surface area contributed by atoms with Crippen molar-refractivity contribution in [3.05, 3.63) is 53.1 Å². The maximum Gasteiger partial charge on any atom is 0.344 e. The average Bonchev–Trinajstić information content (AvgIpc) is 2.89. The van der Waals surface area contributed by atoms with Gasteiger partial charge in [-0.05, 0) is 30.7 Å². The number of rotatable bonds is 5. The fourth-order valence-electron chi connectivity index (χ4n) is 2.56. The van der Waals surface area contributed by atoms with Crippen molar-refractivity contribution in [3.8, 4) is 11.5 Å². The van der Waals surface area contributed by atoms with Gasteiger partial charge in [-0.2, -0.15) is 5.43 Å². The molecule has 1 heterocycles. The van der Waals surface area contributed by atoms with Crippen molar-refractivity contribution in [1.29, 1.82) is 0 Å². The Labute approximate surface area is 146 Å². The standard InChI is InChI=1S/C17H18N2O4.ClH/c1-10-6-4-5-7-12(10)18-19-16-11-8-9-13(21-2)15(22-3)14(11)17(20)23-16;/h4-9,16,18-19H,1-3H3;1H. The largest absolute Gasteiger partial charge is 0.493 e. The fourth-order valence-corrected chi connectivity index (χ4v) is 2.56. The van der Waals surface area contributed by atoms with E-state index in [4.69, 9.17) is 14.2 Å². The number of hydrogen-bond acceptors (Lipinski definition) is 6. The first-order chi connectivity index (χ1) is 11.2. The van der Waals surface area contributed by atoms with Crippen LogP contribution in [0.25, 0.3) is 0 Å². The van der Waals surface area contributed by atoms with Crippen LogP contribution < -0.4 is 20.3 Å². The molecule has 1 aliphatic rings. The van der Waals surface area contributed by atoms with E-state index in [1.165, 1.54) is 14.2 Å². The van der Waals surface area contributed by atoms with Crippen LogP contribution in [0.15, 0.2) is 36.4 Å². The van der Waals surface area contributed by atoms with Gasteiger partial charge in [-0.15, -0.1) is 12.4 Å². The summed E-state index contributed by atoms with van der Waals surface area (Å²) in [7, 11) is 3.03. The Balaban J connectivity index is 0.00000208. The summed E-state index contributed by atoms with van der Waals surface area (Å²) in [4.78, 5) is 12.2. The van der Waals surface area contributed by atoms with E-state index in [0.717, 1.165) is 11.3 Å². The molecule has 2 aromatic carbocycles. The molecule has 0 fully saturated rings. The minimum absolute atomic E-state index is 0. The number of anilines is 1. The van der Waals surface area contributed by atoms with Gasteiger partial charge < -0.3 is 19.6 Å². The van der Waals surface area contributed by atoms with Crippen LogP contribution in [0.1, 0.15) is 27.7 Å².